The molecule has 2 rings (SSSR count). The second-order valence-corrected chi connectivity index (χ2v) is 5.10. The van der Waals surface area contributed by atoms with Gasteiger partial charge in [0.05, 0.1) is 5.52 Å². The monoisotopic (exact) mass is 375 g/mol. The quantitative estimate of drug-likeness (QED) is 0.617. The van der Waals surface area contributed by atoms with Crippen molar-refractivity contribution in [3.8, 4) is 0 Å². The topological polar surface area (TPSA) is 12.9 Å². The van der Waals surface area contributed by atoms with E-state index in [9.17, 15) is 30.7 Å². The zero-order valence-corrected chi connectivity index (χ0v) is 11.4. The van der Waals surface area contributed by atoms with E-state index >= 15 is 0 Å². The molecule has 0 saturated heterocycles. The largest absolute Gasteiger partial charge is 0.436 e. The molecule has 1 nitrogen and oxygen atoms in total. The average Bonchev–Trinajstić information content (AvgIpc) is 2.34. The summed E-state index contributed by atoms with van der Waals surface area (Å²) in [6.07, 6.45) is -11.3. The van der Waals surface area contributed by atoms with Crippen molar-refractivity contribution < 1.29 is 30.7 Å². The van der Waals surface area contributed by atoms with Crippen LogP contribution in [0, 0.1) is 0 Å². The minimum Gasteiger partial charge on any atom is -0.256 e. The number of halogens is 8. The van der Waals surface area contributed by atoms with Gasteiger partial charge in [-0.25, -0.2) is 4.39 Å². The Balaban J connectivity index is 2.91. The van der Waals surface area contributed by atoms with Gasteiger partial charge in [0.2, 0.25) is 0 Å². The minimum absolute atomic E-state index is 0.0441. The van der Waals surface area contributed by atoms with Gasteiger partial charge in [-0.1, -0.05) is 22.0 Å². The number of hydrogen-bond acceptors (Lipinski definition) is 1. The minimum atomic E-state index is -6.17. The molecule has 0 radical (unpaired) electrons. The van der Waals surface area contributed by atoms with Crippen molar-refractivity contribution in [1.82, 2.24) is 4.98 Å². The van der Waals surface area contributed by atoms with E-state index in [2.05, 4.69) is 20.9 Å². The number of alkyl halides is 7. The second kappa shape index (κ2) is 4.82. The molecule has 2 aromatic rings. The van der Waals surface area contributed by atoms with Gasteiger partial charge in [0.1, 0.15) is 0 Å². The van der Waals surface area contributed by atoms with E-state index in [-0.39, 0.29) is 9.86 Å². The van der Waals surface area contributed by atoms with Crippen LogP contribution in [0.25, 0.3) is 10.9 Å². The maximum Gasteiger partial charge on any atom is 0.436 e. The molecule has 0 unspecified atom stereocenters. The summed E-state index contributed by atoms with van der Waals surface area (Å²) in [6.45, 7) is 0. The lowest BCUT2D eigenvalue weighted by atomic mass is 9.92. The van der Waals surface area contributed by atoms with Gasteiger partial charge in [-0.3, -0.25) is 4.98 Å². The lowest BCUT2D eigenvalue weighted by molar-refractivity contribution is -0.348. The predicted octanol–water partition coefficient (Wildman–Crippen LogP) is 5.29. The van der Waals surface area contributed by atoms with Crippen LogP contribution in [-0.4, -0.2) is 17.3 Å². The molecule has 9 heteroatoms. The summed E-state index contributed by atoms with van der Waals surface area (Å²) >= 11 is 2.78. The molecular weight excluding hydrogens is 371 g/mol. The first-order chi connectivity index (χ1) is 9.48. The summed E-state index contributed by atoms with van der Waals surface area (Å²) in [5.74, 6) is 0. The van der Waals surface area contributed by atoms with Gasteiger partial charge in [0.15, 0.2) is 0 Å². The van der Waals surface area contributed by atoms with Crippen LogP contribution in [0.3, 0.4) is 0 Å². The van der Waals surface area contributed by atoms with Crippen molar-refractivity contribution in [3.63, 3.8) is 0 Å². The fourth-order valence-electron chi connectivity index (χ4n) is 1.88. The third kappa shape index (κ3) is 2.47. The van der Waals surface area contributed by atoms with Crippen LogP contribution in [0.1, 0.15) is 5.56 Å². The first kappa shape index (κ1) is 16.0. The van der Waals surface area contributed by atoms with Crippen LogP contribution in [0.4, 0.5) is 30.7 Å². The third-order valence-corrected chi connectivity index (χ3v) is 3.28. The Labute approximate surface area is 121 Å². The van der Waals surface area contributed by atoms with E-state index < -0.39 is 29.1 Å². The molecule has 0 aliphatic carbocycles. The molecule has 1 heterocycles. The van der Waals surface area contributed by atoms with Crippen LogP contribution >= 0.6 is 15.9 Å². The molecule has 21 heavy (non-hydrogen) atoms. The number of rotatable bonds is 1. The highest BCUT2D eigenvalue weighted by Gasteiger charge is 2.74. The zero-order chi connectivity index (χ0) is 16.1. The van der Waals surface area contributed by atoms with Crippen molar-refractivity contribution in [2.75, 3.05) is 0 Å². The summed E-state index contributed by atoms with van der Waals surface area (Å²) in [7, 11) is 0. The lowest BCUT2D eigenvalue weighted by Gasteiger charge is -2.30. The highest BCUT2D eigenvalue weighted by molar-refractivity contribution is 9.10. The van der Waals surface area contributed by atoms with Crippen molar-refractivity contribution in [1.29, 1.82) is 0 Å². The van der Waals surface area contributed by atoms with Gasteiger partial charge < -0.3 is 0 Å². The van der Waals surface area contributed by atoms with Crippen LogP contribution in [-0.2, 0) is 5.67 Å². The Hall–Kier alpha value is -1.38. The molecule has 114 valence electrons. The lowest BCUT2D eigenvalue weighted by Crippen LogP contribution is -2.50. The van der Waals surface area contributed by atoms with E-state index in [1.807, 2.05) is 0 Å². The molecule has 1 aromatic carbocycles. The van der Waals surface area contributed by atoms with E-state index in [4.69, 9.17) is 0 Å². The molecule has 1 aromatic heterocycles. The highest BCUT2D eigenvalue weighted by Crippen LogP contribution is 2.54. The fourth-order valence-corrected chi connectivity index (χ4v) is 2.36. The number of fused-ring (bicyclic) bond motifs is 1. The Bertz CT molecular complexity index is 663. The summed E-state index contributed by atoms with van der Waals surface area (Å²) in [6, 6.07) is 4.25. The molecular formula is C12H5BrF7N. The van der Waals surface area contributed by atoms with Gasteiger partial charge in [-0.2, -0.15) is 26.3 Å². The van der Waals surface area contributed by atoms with Gasteiger partial charge in [0, 0.05) is 21.6 Å². The molecule has 0 aliphatic heterocycles. The van der Waals surface area contributed by atoms with Crippen LogP contribution in [0.2, 0.25) is 0 Å². The standard InChI is InChI=1S/C12H5BrF7N/c13-7-4-6-2-1-3-21-9(6)8(5-7)10(14,11(15,16)17)12(18,19)20/h1-5H. The second-order valence-electron chi connectivity index (χ2n) is 4.18. The van der Waals surface area contributed by atoms with Crippen molar-refractivity contribution in [2.45, 2.75) is 18.0 Å². The molecule has 0 spiro atoms. The molecule has 0 saturated carbocycles. The van der Waals surface area contributed by atoms with Crippen LogP contribution in [0.15, 0.2) is 34.9 Å². The SMILES string of the molecule is FC(F)(F)C(F)(c1cc(Br)cc2cccnc12)C(F)(F)F. The summed E-state index contributed by atoms with van der Waals surface area (Å²) in [5.41, 5.74) is -7.79. The maximum absolute atomic E-state index is 14.1. The smallest absolute Gasteiger partial charge is 0.256 e. The summed E-state index contributed by atoms with van der Waals surface area (Å²) in [5, 5.41) is -0.0441. The van der Waals surface area contributed by atoms with Gasteiger partial charge in [-0.15, -0.1) is 0 Å². The van der Waals surface area contributed by atoms with Gasteiger partial charge >= 0.3 is 18.0 Å². The number of aromatic nitrogens is 1. The van der Waals surface area contributed by atoms with Crippen LogP contribution in [0.5, 0.6) is 0 Å². The van der Waals surface area contributed by atoms with E-state index in [1.165, 1.54) is 18.2 Å². The first-order valence-electron chi connectivity index (χ1n) is 5.35. The number of hydrogen-bond donors (Lipinski definition) is 0. The number of nitrogens with zero attached hydrogens (tertiary/aromatic N) is 1. The highest BCUT2D eigenvalue weighted by atomic mass is 79.9. The third-order valence-electron chi connectivity index (χ3n) is 2.82. The molecule has 0 N–H and O–H groups in total. The number of benzene rings is 1. The van der Waals surface area contributed by atoms with E-state index in [0.717, 1.165) is 6.20 Å². The summed E-state index contributed by atoms with van der Waals surface area (Å²) in [4.78, 5) is 3.45. The van der Waals surface area contributed by atoms with Crippen molar-refractivity contribution in [3.05, 3.63) is 40.5 Å². The molecule has 0 atom stereocenters. The van der Waals surface area contributed by atoms with Gasteiger partial charge in [0.25, 0.3) is 0 Å². The van der Waals surface area contributed by atoms with Gasteiger partial charge in [-0.05, 0) is 18.2 Å². The molecule has 0 fully saturated rings. The summed E-state index contributed by atoms with van der Waals surface area (Å²) < 4.78 is 90.9. The average molecular weight is 376 g/mol. The van der Waals surface area contributed by atoms with Crippen LogP contribution < -0.4 is 0 Å². The number of pyridine rings is 1. The Kier molecular flexibility index (Phi) is 3.67. The molecule has 0 bridgehead atoms. The fraction of sp³-hybridized carbons (Fsp3) is 0.250. The Morgan fingerprint density at radius 3 is 2.00 bits per heavy atom. The predicted molar refractivity (Wildman–Crippen MR) is 64.3 cm³/mol. The van der Waals surface area contributed by atoms with Crippen molar-refractivity contribution in [2.24, 2.45) is 0 Å². The molecule has 0 aliphatic rings. The molecule has 0 amide bonds. The first-order valence-corrected chi connectivity index (χ1v) is 6.15. The Morgan fingerprint density at radius 2 is 1.48 bits per heavy atom. The maximum atomic E-state index is 14.1. The van der Waals surface area contributed by atoms with E-state index in [0.29, 0.717) is 6.07 Å². The normalized spacial score (nSPS) is 13.7. The van der Waals surface area contributed by atoms with E-state index in [1.54, 1.807) is 0 Å². The Morgan fingerprint density at radius 1 is 0.905 bits per heavy atom. The van der Waals surface area contributed by atoms with Crippen molar-refractivity contribution >= 4 is 26.8 Å². The zero-order valence-electron chi connectivity index (χ0n) is 9.86.